The van der Waals surface area contributed by atoms with E-state index < -0.39 is 0 Å². The Morgan fingerprint density at radius 3 is 2.26 bits per heavy atom. The molecule has 0 aromatic carbocycles. The second-order valence-corrected chi connectivity index (χ2v) is 16.3. The minimum Gasteiger partial charge on any atom is -0.309 e. The summed E-state index contributed by atoms with van der Waals surface area (Å²) in [5, 5.41) is 0. The minimum atomic E-state index is -0.191. The van der Waals surface area contributed by atoms with Crippen LogP contribution in [0.25, 0.3) is 0 Å². The molecule has 3 nitrogen and oxygen atoms in total. The molecule has 214 valence electrons. The fraction of sp³-hybridized carbons (Fsp3) is 0.886. The number of fused-ring (bicyclic) bond motifs is 7. The second-order valence-electron chi connectivity index (χ2n) is 16.3. The van der Waals surface area contributed by atoms with Crippen molar-refractivity contribution in [3.8, 4) is 0 Å². The Kier molecular flexibility index (Phi) is 6.98. The van der Waals surface area contributed by atoms with Gasteiger partial charge in [-0.25, -0.2) is 0 Å². The maximum Gasteiger partial charge on any atom is 0.139 e. The lowest BCUT2D eigenvalue weighted by Gasteiger charge is -2.72. The number of Topliss-reactive ketones (excluding diaryl/α,β-unsaturated/α-hetero) is 2. The number of nitrogens with zero attached hydrogens (tertiary/aromatic N) is 1. The van der Waals surface area contributed by atoms with Crippen LogP contribution in [0.3, 0.4) is 0 Å². The van der Waals surface area contributed by atoms with Gasteiger partial charge in [0.05, 0.1) is 0 Å². The van der Waals surface area contributed by atoms with E-state index in [0.717, 1.165) is 51.5 Å². The molecule has 0 spiro atoms. The molecule has 9 atom stereocenters. The van der Waals surface area contributed by atoms with Crippen molar-refractivity contribution in [2.75, 3.05) is 20.6 Å². The summed E-state index contributed by atoms with van der Waals surface area (Å²) in [5.41, 5.74) is 1.79. The fourth-order valence-electron chi connectivity index (χ4n) is 12.2. The molecule has 0 bridgehead atoms. The van der Waals surface area contributed by atoms with Crippen LogP contribution in [-0.4, -0.2) is 37.1 Å². The van der Waals surface area contributed by atoms with Crippen LogP contribution in [-0.2, 0) is 9.59 Å². The van der Waals surface area contributed by atoms with Crippen molar-refractivity contribution < 1.29 is 9.59 Å². The van der Waals surface area contributed by atoms with Gasteiger partial charge >= 0.3 is 0 Å². The predicted molar refractivity (Wildman–Crippen MR) is 157 cm³/mol. The van der Waals surface area contributed by atoms with Gasteiger partial charge in [0.2, 0.25) is 0 Å². The van der Waals surface area contributed by atoms with Gasteiger partial charge in [-0.05, 0) is 138 Å². The Morgan fingerprint density at radius 1 is 0.895 bits per heavy atom. The number of carbonyl (C=O) groups excluding carboxylic acids is 2. The van der Waals surface area contributed by atoms with Gasteiger partial charge in [-0.1, -0.05) is 46.8 Å². The van der Waals surface area contributed by atoms with Crippen molar-refractivity contribution in [2.45, 2.75) is 119 Å². The smallest absolute Gasteiger partial charge is 0.139 e. The Morgan fingerprint density at radius 2 is 1.61 bits per heavy atom. The first-order valence-electron chi connectivity index (χ1n) is 16.0. The molecule has 5 rings (SSSR count). The Bertz CT molecular complexity index is 996. The van der Waals surface area contributed by atoms with Crippen molar-refractivity contribution in [1.82, 2.24) is 4.90 Å². The van der Waals surface area contributed by atoms with Crippen LogP contribution in [0.15, 0.2) is 12.2 Å². The average molecular weight is 524 g/mol. The molecule has 0 N–H and O–H groups in total. The van der Waals surface area contributed by atoms with E-state index in [1.54, 1.807) is 0 Å². The van der Waals surface area contributed by atoms with Gasteiger partial charge in [-0.15, -0.1) is 0 Å². The Balaban J connectivity index is 1.50. The van der Waals surface area contributed by atoms with Crippen molar-refractivity contribution in [3.63, 3.8) is 0 Å². The molecule has 5 fully saturated rings. The van der Waals surface area contributed by atoms with Crippen LogP contribution in [0.1, 0.15) is 119 Å². The highest BCUT2D eigenvalue weighted by atomic mass is 16.1. The van der Waals surface area contributed by atoms with Crippen LogP contribution in [0, 0.1) is 56.7 Å². The van der Waals surface area contributed by atoms with Crippen molar-refractivity contribution in [2.24, 2.45) is 56.7 Å². The number of hydrogen-bond donors (Lipinski definition) is 0. The summed E-state index contributed by atoms with van der Waals surface area (Å²) < 4.78 is 0. The maximum atomic E-state index is 14.2. The first-order chi connectivity index (χ1) is 17.6. The predicted octanol–water partition coefficient (Wildman–Crippen LogP) is 8.12. The lowest BCUT2D eigenvalue weighted by molar-refractivity contribution is -0.232. The average Bonchev–Trinajstić information content (AvgIpc) is 3.23. The topological polar surface area (TPSA) is 37.4 Å². The highest BCUT2D eigenvalue weighted by Crippen LogP contribution is 2.77. The second kappa shape index (κ2) is 9.28. The Hall–Kier alpha value is -0.960. The number of rotatable bonds is 6. The van der Waals surface area contributed by atoms with Crippen molar-refractivity contribution >= 4 is 11.6 Å². The third-order valence-electron chi connectivity index (χ3n) is 14.4. The maximum absolute atomic E-state index is 14.2. The monoisotopic (exact) mass is 523 g/mol. The van der Waals surface area contributed by atoms with Gasteiger partial charge in [0, 0.05) is 23.7 Å². The zero-order valence-corrected chi connectivity index (χ0v) is 26.0. The van der Waals surface area contributed by atoms with Crippen LogP contribution >= 0.6 is 0 Å². The molecule has 0 aromatic heterocycles. The molecule has 5 aliphatic rings. The minimum absolute atomic E-state index is 0.121. The van der Waals surface area contributed by atoms with Crippen LogP contribution in [0.2, 0.25) is 0 Å². The normalized spacial score (nSPS) is 47.6. The van der Waals surface area contributed by atoms with Gasteiger partial charge in [0.15, 0.2) is 0 Å². The molecular formula is C35H57NO2. The van der Waals surface area contributed by atoms with Gasteiger partial charge in [-0.2, -0.15) is 0 Å². The van der Waals surface area contributed by atoms with E-state index in [1.807, 2.05) is 0 Å². The van der Waals surface area contributed by atoms with Gasteiger partial charge in [-0.3, -0.25) is 9.59 Å². The number of ketones is 2. The number of carbonyl (C=O) groups is 2. The quantitative estimate of drug-likeness (QED) is 0.330. The molecule has 0 radical (unpaired) electrons. The fourth-order valence-corrected chi connectivity index (χ4v) is 12.2. The van der Waals surface area contributed by atoms with E-state index >= 15 is 0 Å². The van der Waals surface area contributed by atoms with Crippen LogP contribution < -0.4 is 0 Å². The number of hydrogen-bond acceptors (Lipinski definition) is 3. The molecule has 0 saturated heterocycles. The van der Waals surface area contributed by atoms with E-state index in [9.17, 15) is 9.59 Å². The molecular weight excluding hydrogens is 466 g/mol. The van der Waals surface area contributed by atoms with E-state index in [1.165, 1.54) is 37.7 Å². The highest BCUT2D eigenvalue weighted by molar-refractivity contribution is 5.86. The summed E-state index contributed by atoms with van der Waals surface area (Å²) in [5.74, 6) is 3.83. The largest absolute Gasteiger partial charge is 0.309 e. The molecule has 38 heavy (non-hydrogen) atoms. The van der Waals surface area contributed by atoms with Crippen molar-refractivity contribution in [1.29, 1.82) is 0 Å². The van der Waals surface area contributed by atoms with E-state index in [2.05, 4.69) is 67.1 Å². The summed E-state index contributed by atoms with van der Waals surface area (Å²) in [6.07, 6.45) is 13.0. The third kappa shape index (κ3) is 3.75. The van der Waals surface area contributed by atoms with E-state index in [4.69, 9.17) is 0 Å². The summed E-state index contributed by atoms with van der Waals surface area (Å²) in [4.78, 5) is 29.4. The first-order valence-corrected chi connectivity index (χ1v) is 16.0. The first kappa shape index (κ1) is 28.6. The standard InChI is InChI=1S/C35H57NO2/c1-23(2)24-14-19-35(29(38)11-10-22-36(8)9)21-20-33(6)25(30(24)35)12-13-27-32(5)17-16-28(37)31(3,4)26(32)15-18-34(27,33)7/h24-27,30H,1,10-22H2,2-9H3/t24-,25+,26-,27+,30+,32-,33+,34+,35+/m0/s1. The molecule has 0 heterocycles. The zero-order valence-electron chi connectivity index (χ0n) is 26.0. The van der Waals surface area contributed by atoms with Crippen LogP contribution in [0.4, 0.5) is 0 Å². The summed E-state index contributed by atoms with van der Waals surface area (Å²) >= 11 is 0. The van der Waals surface area contributed by atoms with Crippen molar-refractivity contribution in [3.05, 3.63) is 12.2 Å². The summed E-state index contributed by atoms with van der Waals surface area (Å²) in [6.45, 7) is 20.1. The molecule has 5 aliphatic carbocycles. The molecule has 0 aromatic rings. The summed E-state index contributed by atoms with van der Waals surface area (Å²) in [6, 6.07) is 0. The molecule has 5 saturated carbocycles. The zero-order chi connectivity index (χ0) is 27.9. The third-order valence-corrected chi connectivity index (χ3v) is 14.4. The van der Waals surface area contributed by atoms with Gasteiger partial charge in [0.1, 0.15) is 11.6 Å². The van der Waals surface area contributed by atoms with Gasteiger partial charge < -0.3 is 4.90 Å². The summed E-state index contributed by atoms with van der Waals surface area (Å²) in [7, 11) is 4.23. The molecule has 0 amide bonds. The molecule has 3 heteroatoms. The lowest BCUT2D eigenvalue weighted by Crippen LogP contribution is -2.66. The van der Waals surface area contributed by atoms with Gasteiger partial charge in [0.25, 0.3) is 0 Å². The van der Waals surface area contributed by atoms with E-state index in [-0.39, 0.29) is 27.1 Å². The van der Waals surface area contributed by atoms with E-state index in [0.29, 0.717) is 41.2 Å². The number of allylic oxidation sites excluding steroid dienone is 1. The highest BCUT2D eigenvalue weighted by Gasteiger charge is 2.71. The SMILES string of the molecule is C=C(C)[C@@H]1CC[C@]2(C(=O)CCCN(C)C)CC[C@]3(C)[C@H](CC[C@@H]4[C@@]5(C)CCC(=O)C(C)(C)[C@@H]5CC[C@]43C)[C@@H]12. The van der Waals surface area contributed by atoms with Crippen LogP contribution in [0.5, 0.6) is 0 Å². The Labute approximate surface area is 234 Å². The molecule has 0 aliphatic heterocycles. The molecule has 0 unspecified atom stereocenters. The lowest BCUT2D eigenvalue weighted by atomic mass is 9.32.